The van der Waals surface area contributed by atoms with Crippen LogP contribution in [-0.2, 0) is 11.3 Å². The Kier molecular flexibility index (Phi) is 3.69. The number of thiophene rings is 1. The Balaban J connectivity index is 1.97. The number of rotatable bonds is 4. The molecule has 18 heavy (non-hydrogen) atoms. The summed E-state index contributed by atoms with van der Waals surface area (Å²) >= 11 is 0.811. The van der Waals surface area contributed by atoms with Crippen LogP contribution in [0.15, 0.2) is 42.5 Å². The van der Waals surface area contributed by atoms with Crippen molar-refractivity contribution in [1.82, 2.24) is 0 Å². The van der Waals surface area contributed by atoms with E-state index in [1.54, 1.807) is 0 Å². The van der Waals surface area contributed by atoms with Gasteiger partial charge in [-0.15, -0.1) is 0 Å². The molecule has 0 radical (unpaired) electrons. The highest BCUT2D eigenvalue weighted by atomic mass is 32.1. The van der Waals surface area contributed by atoms with Crippen molar-refractivity contribution in [1.29, 1.82) is 0 Å². The minimum atomic E-state index is -0.544. The van der Waals surface area contributed by atoms with Crippen molar-refractivity contribution in [3.8, 4) is 0 Å². The summed E-state index contributed by atoms with van der Waals surface area (Å²) in [7, 11) is 0. The maximum atomic E-state index is 11.6. The van der Waals surface area contributed by atoms with E-state index in [1.165, 1.54) is 12.1 Å². The Bertz CT molecular complexity index is 564. The van der Waals surface area contributed by atoms with Crippen LogP contribution in [-0.4, -0.2) is 10.9 Å². The number of esters is 1. The second-order valence-corrected chi connectivity index (χ2v) is 4.52. The molecule has 0 aliphatic rings. The fraction of sp³-hybridized carbons (Fsp3) is 0.0833. The number of ether oxygens (including phenoxy) is 1. The Morgan fingerprint density at radius 3 is 2.56 bits per heavy atom. The molecule has 0 fully saturated rings. The molecule has 1 heterocycles. The summed E-state index contributed by atoms with van der Waals surface area (Å²) < 4.78 is 5.06. The number of benzene rings is 1. The summed E-state index contributed by atoms with van der Waals surface area (Å²) in [5, 5.41) is 10.4. The Hall–Kier alpha value is -2.21. The molecule has 0 saturated carbocycles. The molecule has 2 aromatic rings. The second-order valence-electron chi connectivity index (χ2n) is 3.46. The van der Waals surface area contributed by atoms with E-state index in [2.05, 4.69) is 0 Å². The van der Waals surface area contributed by atoms with Gasteiger partial charge in [0, 0.05) is 6.07 Å². The lowest BCUT2D eigenvalue weighted by atomic mass is 10.2. The van der Waals surface area contributed by atoms with Gasteiger partial charge in [0.2, 0.25) is 0 Å². The molecule has 0 bridgehead atoms. The highest BCUT2D eigenvalue weighted by molar-refractivity contribution is 7.17. The van der Waals surface area contributed by atoms with E-state index >= 15 is 0 Å². The first kappa shape index (κ1) is 12.3. The van der Waals surface area contributed by atoms with Crippen LogP contribution in [0, 0.1) is 10.1 Å². The number of hydrogen-bond acceptors (Lipinski definition) is 5. The number of nitrogens with zero attached hydrogens (tertiary/aromatic N) is 1. The first-order chi connectivity index (χ1) is 8.66. The lowest BCUT2D eigenvalue weighted by molar-refractivity contribution is -0.380. The number of carbonyl (C=O) groups excluding carboxylic acids is 1. The third-order valence-corrected chi connectivity index (χ3v) is 3.20. The molecule has 2 rings (SSSR count). The van der Waals surface area contributed by atoms with E-state index < -0.39 is 10.9 Å². The molecule has 0 N–H and O–H groups in total. The van der Waals surface area contributed by atoms with Gasteiger partial charge in [0.25, 0.3) is 0 Å². The Morgan fingerprint density at radius 1 is 1.22 bits per heavy atom. The third-order valence-electron chi connectivity index (χ3n) is 2.19. The van der Waals surface area contributed by atoms with Gasteiger partial charge in [-0.3, -0.25) is 10.1 Å². The highest BCUT2D eigenvalue weighted by Crippen LogP contribution is 2.24. The minimum Gasteiger partial charge on any atom is -0.457 e. The van der Waals surface area contributed by atoms with Crippen molar-refractivity contribution in [2.24, 2.45) is 0 Å². The van der Waals surface area contributed by atoms with Crippen LogP contribution in [0.4, 0.5) is 5.00 Å². The molecule has 0 saturated heterocycles. The molecular formula is C12H9NO4S. The van der Waals surface area contributed by atoms with Crippen LogP contribution in [0.2, 0.25) is 0 Å². The quantitative estimate of drug-likeness (QED) is 0.483. The maximum Gasteiger partial charge on any atom is 0.348 e. The molecule has 0 aliphatic heterocycles. The van der Waals surface area contributed by atoms with Gasteiger partial charge in [0.1, 0.15) is 11.5 Å². The summed E-state index contributed by atoms with van der Waals surface area (Å²) in [6, 6.07) is 11.9. The van der Waals surface area contributed by atoms with Gasteiger partial charge in [-0.05, 0) is 11.6 Å². The first-order valence-electron chi connectivity index (χ1n) is 5.12. The smallest absolute Gasteiger partial charge is 0.348 e. The van der Waals surface area contributed by atoms with Crippen LogP contribution in [0.1, 0.15) is 15.2 Å². The lowest BCUT2D eigenvalue weighted by Crippen LogP contribution is -2.02. The second kappa shape index (κ2) is 5.42. The molecule has 0 spiro atoms. The number of hydrogen-bond donors (Lipinski definition) is 0. The van der Waals surface area contributed by atoms with Crippen molar-refractivity contribution >= 4 is 22.3 Å². The normalized spacial score (nSPS) is 10.0. The van der Waals surface area contributed by atoms with Gasteiger partial charge in [-0.25, -0.2) is 4.79 Å². The van der Waals surface area contributed by atoms with E-state index in [0.29, 0.717) is 0 Å². The van der Waals surface area contributed by atoms with Crippen molar-refractivity contribution in [2.45, 2.75) is 6.61 Å². The minimum absolute atomic E-state index is 0.0679. The van der Waals surface area contributed by atoms with Crippen molar-refractivity contribution in [2.75, 3.05) is 0 Å². The SMILES string of the molecule is O=C(OCc1ccccc1)c1ccc([N+](=O)[O-])s1. The van der Waals surface area contributed by atoms with Gasteiger partial charge in [-0.2, -0.15) is 0 Å². The van der Waals surface area contributed by atoms with Gasteiger partial charge in [0.05, 0.1) is 4.92 Å². The van der Waals surface area contributed by atoms with Crippen molar-refractivity contribution in [3.63, 3.8) is 0 Å². The van der Waals surface area contributed by atoms with Gasteiger partial charge >= 0.3 is 11.0 Å². The van der Waals surface area contributed by atoms with Crippen molar-refractivity contribution in [3.05, 3.63) is 63.0 Å². The standard InChI is InChI=1S/C12H9NO4S/c14-12(10-6-7-11(18-10)13(15)16)17-8-9-4-2-1-3-5-9/h1-7H,8H2. The monoisotopic (exact) mass is 263 g/mol. The zero-order chi connectivity index (χ0) is 13.0. The average molecular weight is 263 g/mol. The molecule has 5 nitrogen and oxygen atoms in total. The predicted molar refractivity (Wildman–Crippen MR) is 66.5 cm³/mol. The number of carbonyl (C=O) groups is 1. The molecule has 0 aliphatic carbocycles. The molecule has 6 heteroatoms. The summed E-state index contributed by atoms with van der Waals surface area (Å²) in [5.41, 5.74) is 0.872. The van der Waals surface area contributed by atoms with E-state index in [0.717, 1.165) is 16.9 Å². The Morgan fingerprint density at radius 2 is 1.94 bits per heavy atom. The molecule has 0 atom stereocenters. The predicted octanol–water partition coefficient (Wildman–Crippen LogP) is 3.01. The van der Waals surface area contributed by atoms with Gasteiger partial charge in [-0.1, -0.05) is 41.7 Å². The van der Waals surface area contributed by atoms with Crippen LogP contribution in [0.5, 0.6) is 0 Å². The maximum absolute atomic E-state index is 11.6. The summed E-state index contributed by atoms with van der Waals surface area (Å²) in [4.78, 5) is 21.8. The van der Waals surface area contributed by atoms with E-state index in [4.69, 9.17) is 4.74 Å². The van der Waals surface area contributed by atoms with Crippen LogP contribution in [0.25, 0.3) is 0 Å². The molecule has 0 amide bonds. The molecule has 92 valence electrons. The summed E-state index contributed by atoms with van der Waals surface area (Å²) in [6.45, 7) is 0.158. The highest BCUT2D eigenvalue weighted by Gasteiger charge is 2.16. The van der Waals surface area contributed by atoms with Gasteiger partial charge in [0.15, 0.2) is 0 Å². The lowest BCUT2D eigenvalue weighted by Gasteiger charge is -2.02. The summed E-state index contributed by atoms with van der Waals surface area (Å²) in [5.74, 6) is -0.544. The third kappa shape index (κ3) is 2.92. The van der Waals surface area contributed by atoms with Crippen LogP contribution >= 0.6 is 11.3 Å². The molecule has 0 unspecified atom stereocenters. The van der Waals surface area contributed by atoms with Crippen molar-refractivity contribution < 1.29 is 14.5 Å². The van der Waals surface area contributed by atoms with E-state index in [-0.39, 0.29) is 16.5 Å². The molecule has 1 aromatic carbocycles. The average Bonchev–Trinajstić information content (AvgIpc) is 2.87. The Labute approximate surface area is 107 Å². The van der Waals surface area contributed by atoms with Gasteiger partial charge < -0.3 is 4.74 Å². The van der Waals surface area contributed by atoms with Crippen LogP contribution in [0.3, 0.4) is 0 Å². The first-order valence-corrected chi connectivity index (χ1v) is 5.94. The summed E-state index contributed by atoms with van der Waals surface area (Å²) in [6.07, 6.45) is 0. The molecular weight excluding hydrogens is 254 g/mol. The topological polar surface area (TPSA) is 69.4 Å². The van der Waals surface area contributed by atoms with E-state index in [9.17, 15) is 14.9 Å². The largest absolute Gasteiger partial charge is 0.457 e. The zero-order valence-electron chi connectivity index (χ0n) is 9.24. The fourth-order valence-electron chi connectivity index (χ4n) is 1.33. The fourth-order valence-corrected chi connectivity index (χ4v) is 2.04. The van der Waals surface area contributed by atoms with E-state index in [1.807, 2.05) is 30.3 Å². The molecule has 1 aromatic heterocycles. The number of nitro groups is 1. The van der Waals surface area contributed by atoms with Crippen LogP contribution < -0.4 is 0 Å². The zero-order valence-corrected chi connectivity index (χ0v) is 10.1.